The van der Waals surface area contributed by atoms with Crippen LogP contribution in [0, 0.1) is 5.41 Å². The quantitative estimate of drug-likeness (QED) is 0.759. The molecular formula is C10H20N4O. The van der Waals surface area contributed by atoms with Crippen molar-refractivity contribution in [3.63, 3.8) is 0 Å². The molecule has 1 aromatic rings. The first-order valence-electron chi connectivity index (χ1n) is 5.22. The molecular weight excluding hydrogens is 192 g/mol. The minimum atomic E-state index is 0.0925. The Morgan fingerprint density at radius 1 is 1.53 bits per heavy atom. The van der Waals surface area contributed by atoms with Gasteiger partial charge < -0.3 is 10.1 Å². The number of hydrogen-bond donors (Lipinski definition) is 1. The maximum absolute atomic E-state index is 5.51. The highest BCUT2D eigenvalue weighted by molar-refractivity contribution is 4.88. The van der Waals surface area contributed by atoms with Crippen molar-refractivity contribution < 1.29 is 4.74 Å². The summed E-state index contributed by atoms with van der Waals surface area (Å²) >= 11 is 0. The first kappa shape index (κ1) is 12.0. The molecule has 1 aromatic heterocycles. The summed E-state index contributed by atoms with van der Waals surface area (Å²) in [5.41, 5.74) is 0.0925. The number of hydrogen-bond acceptors (Lipinski definition) is 4. The Balaban J connectivity index is 2.35. The lowest BCUT2D eigenvalue weighted by molar-refractivity contribution is 0.165. The second-order valence-electron chi connectivity index (χ2n) is 4.43. The largest absolute Gasteiger partial charge is 0.462 e. The lowest BCUT2D eigenvalue weighted by atomic mass is 9.95. The average Bonchev–Trinajstić information content (AvgIpc) is 2.59. The average molecular weight is 212 g/mol. The van der Waals surface area contributed by atoms with E-state index in [1.165, 1.54) is 0 Å². The second kappa shape index (κ2) is 5.11. The Kier molecular flexibility index (Phi) is 4.08. The van der Waals surface area contributed by atoms with E-state index < -0.39 is 0 Å². The van der Waals surface area contributed by atoms with Crippen LogP contribution in [-0.2, 0) is 7.05 Å². The molecule has 0 unspecified atom stereocenters. The summed E-state index contributed by atoms with van der Waals surface area (Å²) in [6, 6.07) is 0.446. The lowest BCUT2D eigenvalue weighted by Gasteiger charge is -2.23. The van der Waals surface area contributed by atoms with Gasteiger partial charge >= 0.3 is 6.01 Å². The smallest absolute Gasteiger partial charge is 0.335 e. The number of nitrogens with one attached hydrogen (secondary N) is 1. The van der Waals surface area contributed by atoms with E-state index in [1.54, 1.807) is 11.0 Å². The Morgan fingerprint density at radius 2 is 2.27 bits per heavy atom. The fraction of sp³-hybridized carbons (Fsp3) is 0.800. The maximum atomic E-state index is 5.51. The molecule has 0 aliphatic rings. The van der Waals surface area contributed by atoms with Gasteiger partial charge in [-0.05, 0) is 6.54 Å². The molecule has 0 aliphatic carbocycles. The molecule has 5 nitrogen and oxygen atoms in total. The van der Waals surface area contributed by atoms with Gasteiger partial charge in [0.2, 0.25) is 0 Å². The van der Waals surface area contributed by atoms with Gasteiger partial charge in [0.1, 0.15) is 6.33 Å². The number of rotatable bonds is 6. The van der Waals surface area contributed by atoms with Crippen LogP contribution in [0.5, 0.6) is 6.01 Å². The fourth-order valence-electron chi connectivity index (χ4n) is 1.16. The van der Waals surface area contributed by atoms with Gasteiger partial charge in [-0.1, -0.05) is 20.8 Å². The van der Waals surface area contributed by atoms with Crippen molar-refractivity contribution in [2.45, 2.75) is 20.8 Å². The number of aromatic nitrogens is 3. The molecule has 0 radical (unpaired) electrons. The predicted molar refractivity (Wildman–Crippen MR) is 58.8 cm³/mol. The van der Waals surface area contributed by atoms with Crippen LogP contribution >= 0.6 is 0 Å². The fourth-order valence-corrected chi connectivity index (χ4v) is 1.16. The van der Waals surface area contributed by atoms with Crippen LogP contribution in [0.25, 0.3) is 0 Å². The summed E-state index contributed by atoms with van der Waals surface area (Å²) in [5, 5.41) is 7.36. The van der Waals surface area contributed by atoms with Crippen molar-refractivity contribution in [2.24, 2.45) is 12.5 Å². The summed E-state index contributed by atoms with van der Waals surface area (Å²) in [6.45, 7) is 8.92. The maximum Gasteiger partial charge on any atom is 0.335 e. The van der Waals surface area contributed by atoms with E-state index in [4.69, 9.17) is 4.74 Å². The number of ether oxygens (including phenoxy) is 1. The summed E-state index contributed by atoms with van der Waals surface area (Å²) in [7, 11) is 1.82. The van der Waals surface area contributed by atoms with E-state index in [1.807, 2.05) is 7.05 Å². The molecule has 0 aliphatic heterocycles. The van der Waals surface area contributed by atoms with Crippen LogP contribution in [0.1, 0.15) is 20.8 Å². The van der Waals surface area contributed by atoms with Crippen molar-refractivity contribution in [1.29, 1.82) is 0 Å². The molecule has 0 fully saturated rings. The summed E-state index contributed by atoms with van der Waals surface area (Å²) < 4.78 is 7.14. The Morgan fingerprint density at radius 3 is 2.80 bits per heavy atom. The van der Waals surface area contributed by atoms with Crippen LogP contribution in [0.4, 0.5) is 0 Å². The van der Waals surface area contributed by atoms with Crippen LogP contribution in [0.3, 0.4) is 0 Å². The molecule has 15 heavy (non-hydrogen) atoms. The third-order valence-electron chi connectivity index (χ3n) is 2.02. The van der Waals surface area contributed by atoms with Gasteiger partial charge in [-0.3, -0.25) is 4.68 Å². The monoisotopic (exact) mass is 212 g/mol. The standard InChI is InChI=1S/C10H20N4O/c1-5-11-6-10(2,3)7-15-9-12-8-14(4)13-9/h8,11H,5-7H2,1-4H3. The topological polar surface area (TPSA) is 52.0 Å². The van der Waals surface area contributed by atoms with E-state index in [0.29, 0.717) is 12.6 Å². The summed E-state index contributed by atoms with van der Waals surface area (Å²) in [5.74, 6) is 0. The zero-order valence-corrected chi connectivity index (χ0v) is 9.95. The van der Waals surface area contributed by atoms with Crippen molar-refractivity contribution in [2.75, 3.05) is 19.7 Å². The van der Waals surface area contributed by atoms with Gasteiger partial charge in [-0.15, -0.1) is 5.10 Å². The van der Waals surface area contributed by atoms with E-state index in [-0.39, 0.29) is 5.41 Å². The van der Waals surface area contributed by atoms with E-state index >= 15 is 0 Å². The molecule has 0 spiro atoms. The Hall–Kier alpha value is -1.10. The highest BCUT2D eigenvalue weighted by Gasteiger charge is 2.18. The van der Waals surface area contributed by atoms with Crippen molar-refractivity contribution >= 4 is 0 Å². The SMILES string of the molecule is CCNCC(C)(C)COc1ncn(C)n1. The zero-order chi connectivity index (χ0) is 11.3. The molecule has 1 heterocycles. The molecule has 0 bridgehead atoms. The van der Waals surface area contributed by atoms with Gasteiger partial charge in [0.25, 0.3) is 0 Å². The van der Waals surface area contributed by atoms with Crippen LogP contribution < -0.4 is 10.1 Å². The van der Waals surface area contributed by atoms with E-state index in [0.717, 1.165) is 13.1 Å². The molecule has 1 rings (SSSR count). The molecule has 0 aromatic carbocycles. The lowest BCUT2D eigenvalue weighted by Crippen LogP contribution is -2.34. The molecule has 0 amide bonds. The second-order valence-corrected chi connectivity index (χ2v) is 4.43. The number of aryl methyl sites for hydroxylation is 1. The van der Waals surface area contributed by atoms with Crippen LogP contribution in [0.15, 0.2) is 6.33 Å². The molecule has 1 N–H and O–H groups in total. The van der Waals surface area contributed by atoms with Crippen LogP contribution in [0.2, 0.25) is 0 Å². The zero-order valence-electron chi connectivity index (χ0n) is 9.95. The van der Waals surface area contributed by atoms with Crippen molar-refractivity contribution in [3.8, 4) is 6.01 Å². The number of nitrogens with zero attached hydrogens (tertiary/aromatic N) is 3. The van der Waals surface area contributed by atoms with Gasteiger partial charge in [-0.2, -0.15) is 4.98 Å². The van der Waals surface area contributed by atoms with E-state index in [2.05, 4.69) is 36.2 Å². The third-order valence-corrected chi connectivity index (χ3v) is 2.02. The van der Waals surface area contributed by atoms with Crippen LogP contribution in [-0.4, -0.2) is 34.5 Å². The summed E-state index contributed by atoms with van der Waals surface area (Å²) in [4.78, 5) is 4.01. The minimum Gasteiger partial charge on any atom is -0.462 e. The summed E-state index contributed by atoms with van der Waals surface area (Å²) in [6.07, 6.45) is 1.63. The van der Waals surface area contributed by atoms with E-state index in [9.17, 15) is 0 Å². The Labute approximate surface area is 90.8 Å². The highest BCUT2D eigenvalue weighted by atomic mass is 16.5. The van der Waals surface area contributed by atoms with Crippen molar-refractivity contribution in [1.82, 2.24) is 20.1 Å². The normalized spacial score (nSPS) is 11.7. The first-order chi connectivity index (χ1) is 7.03. The molecule has 0 saturated carbocycles. The van der Waals surface area contributed by atoms with Gasteiger partial charge in [0.05, 0.1) is 6.61 Å². The van der Waals surface area contributed by atoms with Crippen molar-refractivity contribution in [3.05, 3.63) is 6.33 Å². The molecule has 86 valence electrons. The first-order valence-corrected chi connectivity index (χ1v) is 5.22. The predicted octanol–water partition coefficient (Wildman–Crippen LogP) is 0.830. The molecule has 0 atom stereocenters. The highest BCUT2D eigenvalue weighted by Crippen LogP contribution is 2.14. The van der Waals surface area contributed by atoms with Gasteiger partial charge in [0, 0.05) is 19.0 Å². The minimum absolute atomic E-state index is 0.0925. The van der Waals surface area contributed by atoms with Gasteiger partial charge in [0.15, 0.2) is 0 Å². The molecule has 5 heteroatoms. The molecule has 0 saturated heterocycles. The third kappa shape index (κ3) is 4.29. The van der Waals surface area contributed by atoms with Gasteiger partial charge in [-0.25, -0.2) is 0 Å². The Bertz CT molecular complexity index is 295.